The fraction of sp³-hybridized carbons (Fsp3) is 0.292. The van der Waals surface area contributed by atoms with Crippen molar-refractivity contribution in [1.29, 1.82) is 0 Å². The van der Waals surface area contributed by atoms with Gasteiger partial charge in [-0.3, -0.25) is 9.69 Å². The van der Waals surface area contributed by atoms with Crippen LogP contribution in [-0.4, -0.2) is 44.2 Å². The van der Waals surface area contributed by atoms with E-state index in [2.05, 4.69) is 34.5 Å². The van der Waals surface area contributed by atoms with E-state index in [4.69, 9.17) is 9.47 Å². The van der Waals surface area contributed by atoms with Crippen molar-refractivity contribution in [2.45, 2.75) is 13.1 Å². The molecule has 0 unspecified atom stereocenters. The van der Waals surface area contributed by atoms with Gasteiger partial charge in [-0.05, 0) is 34.0 Å². The van der Waals surface area contributed by atoms with Gasteiger partial charge >= 0.3 is 0 Å². The largest absolute Gasteiger partial charge is 0.496 e. The van der Waals surface area contributed by atoms with Gasteiger partial charge in [0.25, 0.3) is 5.91 Å². The fourth-order valence-corrected chi connectivity index (χ4v) is 3.62. The van der Waals surface area contributed by atoms with Gasteiger partial charge in [-0.15, -0.1) is 0 Å². The molecule has 0 bridgehead atoms. The molecule has 1 aliphatic heterocycles. The van der Waals surface area contributed by atoms with Gasteiger partial charge in [0.05, 0.1) is 25.9 Å². The van der Waals surface area contributed by atoms with Crippen LogP contribution < -0.4 is 10.1 Å². The number of nitrogens with zero attached hydrogens (tertiary/aromatic N) is 1. The SMILES string of the molecule is COc1cc2ccccc2cc1C(=O)NCc1ccc(CN2CCOCC2)cc1. The molecule has 150 valence electrons. The Morgan fingerprint density at radius 3 is 2.34 bits per heavy atom. The summed E-state index contributed by atoms with van der Waals surface area (Å²) in [5.74, 6) is 0.451. The minimum Gasteiger partial charge on any atom is -0.496 e. The van der Waals surface area contributed by atoms with Crippen LogP contribution in [0.4, 0.5) is 0 Å². The number of ether oxygens (including phenoxy) is 2. The molecule has 5 heteroatoms. The number of hydrogen-bond donors (Lipinski definition) is 1. The molecule has 0 atom stereocenters. The average molecular weight is 390 g/mol. The molecule has 1 amide bonds. The molecule has 1 fully saturated rings. The maximum Gasteiger partial charge on any atom is 0.255 e. The molecular formula is C24H26N2O3. The predicted molar refractivity (Wildman–Crippen MR) is 114 cm³/mol. The van der Waals surface area contributed by atoms with Crippen LogP contribution in [0.15, 0.2) is 60.7 Å². The molecule has 0 aromatic heterocycles. The molecule has 0 saturated carbocycles. The lowest BCUT2D eigenvalue weighted by atomic mass is 10.0. The molecule has 5 nitrogen and oxygen atoms in total. The molecule has 3 aromatic rings. The van der Waals surface area contributed by atoms with E-state index in [1.807, 2.05) is 36.4 Å². The highest BCUT2D eigenvalue weighted by Gasteiger charge is 2.14. The van der Waals surface area contributed by atoms with Crippen LogP contribution in [0, 0.1) is 0 Å². The van der Waals surface area contributed by atoms with Crippen molar-refractivity contribution >= 4 is 16.7 Å². The summed E-state index contributed by atoms with van der Waals surface area (Å²) in [5.41, 5.74) is 2.90. The zero-order valence-corrected chi connectivity index (χ0v) is 16.7. The van der Waals surface area contributed by atoms with Crippen molar-refractivity contribution in [3.05, 3.63) is 77.4 Å². The van der Waals surface area contributed by atoms with Gasteiger partial charge in [-0.25, -0.2) is 0 Å². The van der Waals surface area contributed by atoms with E-state index < -0.39 is 0 Å². The molecule has 1 N–H and O–H groups in total. The molecule has 1 heterocycles. The van der Waals surface area contributed by atoms with E-state index in [1.165, 1.54) is 5.56 Å². The summed E-state index contributed by atoms with van der Waals surface area (Å²) >= 11 is 0. The third kappa shape index (κ3) is 4.75. The second kappa shape index (κ2) is 9.07. The van der Waals surface area contributed by atoms with Gasteiger partial charge in [0, 0.05) is 26.2 Å². The minimum atomic E-state index is -0.134. The van der Waals surface area contributed by atoms with E-state index in [9.17, 15) is 4.79 Å². The smallest absolute Gasteiger partial charge is 0.255 e. The van der Waals surface area contributed by atoms with Gasteiger partial charge in [0.2, 0.25) is 0 Å². The zero-order chi connectivity index (χ0) is 20.1. The highest BCUT2D eigenvalue weighted by atomic mass is 16.5. The topological polar surface area (TPSA) is 50.8 Å². The number of fused-ring (bicyclic) bond motifs is 1. The quantitative estimate of drug-likeness (QED) is 0.699. The Labute approximate surface area is 171 Å². The highest BCUT2D eigenvalue weighted by Crippen LogP contribution is 2.26. The van der Waals surface area contributed by atoms with Crippen molar-refractivity contribution in [2.75, 3.05) is 33.4 Å². The molecule has 1 saturated heterocycles. The first-order valence-electron chi connectivity index (χ1n) is 9.96. The number of hydrogen-bond acceptors (Lipinski definition) is 4. The minimum absolute atomic E-state index is 0.134. The van der Waals surface area contributed by atoms with Crippen LogP contribution in [0.2, 0.25) is 0 Å². The van der Waals surface area contributed by atoms with Crippen molar-refractivity contribution < 1.29 is 14.3 Å². The third-order valence-corrected chi connectivity index (χ3v) is 5.30. The molecular weight excluding hydrogens is 364 g/mol. The van der Waals surface area contributed by atoms with E-state index in [0.29, 0.717) is 17.9 Å². The Morgan fingerprint density at radius 2 is 1.66 bits per heavy atom. The lowest BCUT2D eigenvalue weighted by Crippen LogP contribution is -2.35. The summed E-state index contributed by atoms with van der Waals surface area (Å²) in [5, 5.41) is 5.08. The average Bonchev–Trinajstić information content (AvgIpc) is 2.78. The zero-order valence-electron chi connectivity index (χ0n) is 16.7. The van der Waals surface area contributed by atoms with Crippen LogP contribution in [0.3, 0.4) is 0 Å². The van der Waals surface area contributed by atoms with Gasteiger partial charge in [0.1, 0.15) is 5.75 Å². The first kappa shape index (κ1) is 19.4. The van der Waals surface area contributed by atoms with Crippen molar-refractivity contribution in [1.82, 2.24) is 10.2 Å². The summed E-state index contributed by atoms with van der Waals surface area (Å²) < 4.78 is 10.8. The first-order valence-corrected chi connectivity index (χ1v) is 9.96. The summed E-state index contributed by atoms with van der Waals surface area (Å²) in [6.07, 6.45) is 0. The Hall–Kier alpha value is -2.89. The van der Waals surface area contributed by atoms with E-state index >= 15 is 0 Å². The fourth-order valence-electron chi connectivity index (χ4n) is 3.62. The van der Waals surface area contributed by atoms with Crippen LogP contribution in [-0.2, 0) is 17.8 Å². The third-order valence-electron chi connectivity index (χ3n) is 5.30. The van der Waals surface area contributed by atoms with Crippen molar-refractivity contribution in [2.24, 2.45) is 0 Å². The summed E-state index contributed by atoms with van der Waals surface area (Å²) in [6.45, 7) is 4.98. The van der Waals surface area contributed by atoms with Crippen LogP contribution in [0.1, 0.15) is 21.5 Å². The Morgan fingerprint density at radius 1 is 1.00 bits per heavy atom. The Balaban J connectivity index is 1.39. The van der Waals surface area contributed by atoms with Gasteiger partial charge in [0.15, 0.2) is 0 Å². The number of amides is 1. The van der Waals surface area contributed by atoms with Gasteiger partial charge in [-0.2, -0.15) is 0 Å². The molecule has 4 rings (SSSR count). The molecule has 0 spiro atoms. The number of carbonyl (C=O) groups excluding carboxylic acids is 1. The first-order chi connectivity index (χ1) is 14.2. The number of nitrogens with one attached hydrogen (secondary N) is 1. The summed E-state index contributed by atoms with van der Waals surface area (Å²) in [6, 6.07) is 20.2. The number of morpholine rings is 1. The van der Waals surface area contributed by atoms with Gasteiger partial charge < -0.3 is 14.8 Å². The van der Waals surface area contributed by atoms with Crippen molar-refractivity contribution in [3.8, 4) is 5.75 Å². The van der Waals surface area contributed by atoms with E-state index in [1.54, 1.807) is 7.11 Å². The monoisotopic (exact) mass is 390 g/mol. The summed E-state index contributed by atoms with van der Waals surface area (Å²) in [4.78, 5) is 15.2. The molecule has 29 heavy (non-hydrogen) atoms. The van der Waals surface area contributed by atoms with Crippen LogP contribution in [0.5, 0.6) is 5.75 Å². The van der Waals surface area contributed by atoms with Gasteiger partial charge in [-0.1, -0.05) is 48.5 Å². The number of rotatable bonds is 6. The predicted octanol–water partition coefficient (Wildman–Crippen LogP) is 3.61. The second-order valence-electron chi connectivity index (χ2n) is 7.29. The maximum atomic E-state index is 12.8. The molecule has 1 aliphatic rings. The Bertz CT molecular complexity index is 979. The highest BCUT2D eigenvalue weighted by molar-refractivity contribution is 6.01. The standard InChI is InChI=1S/C24H26N2O3/c1-28-23-15-21-5-3-2-4-20(21)14-22(23)24(27)25-16-18-6-8-19(9-7-18)17-26-10-12-29-13-11-26/h2-9,14-15H,10-13,16-17H2,1H3,(H,25,27). The molecule has 0 aliphatic carbocycles. The lowest BCUT2D eigenvalue weighted by molar-refractivity contribution is 0.0342. The van der Waals surface area contributed by atoms with Crippen LogP contribution >= 0.6 is 0 Å². The number of methoxy groups -OCH3 is 1. The maximum absolute atomic E-state index is 12.8. The molecule has 3 aromatic carbocycles. The van der Waals surface area contributed by atoms with Crippen molar-refractivity contribution in [3.63, 3.8) is 0 Å². The lowest BCUT2D eigenvalue weighted by Gasteiger charge is -2.26. The number of benzene rings is 3. The van der Waals surface area contributed by atoms with Crippen LogP contribution in [0.25, 0.3) is 10.8 Å². The Kier molecular flexibility index (Phi) is 6.08. The number of carbonyl (C=O) groups is 1. The molecule has 0 radical (unpaired) electrons. The van der Waals surface area contributed by atoms with E-state index in [0.717, 1.165) is 49.2 Å². The second-order valence-corrected chi connectivity index (χ2v) is 7.29. The van der Waals surface area contributed by atoms with E-state index in [-0.39, 0.29) is 5.91 Å². The normalized spacial score (nSPS) is 14.7. The summed E-state index contributed by atoms with van der Waals surface area (Å²) in [7, 11) is 1.59.